The molecule has 0 aromatic carbocycles. The zero-order valence-electron chi connectivity index (χ0n) is 12.9. The van der Waals surface area contributed by atoms with Gasteiger partial charge in [0.2, 0.25) is 0 Å². The number of halogens is 3. The van der Waals surface area contributed by atoms with Crippen LogP contribution < -0.4 is 5.32 Å². The van der Waals surface area contributed by atoms with E-state index in [1.54, 1.807) is 0 Å². The summed E-state index contributed by atoms with van der Waals surface area (Å²) in [6.07, 6.45) is -2.34. The molecule has 0 aliphatic carbocycles. The van der Waals surface area contributed by atoms with Gasteiger partial charge < -0.3 is 10.4 Å². The lowest BCUT2D eigenvalue weighted by Gasteiger charge is -2.18. The molecule has 1 aromatic rings. The second-order valence-electron chi connectivity index (χ2n) is 5.78. The number of carbonyl (C=O) groups excluding carboxylic acids is 1. The molecule has 1 aromatic heterocycles. The molecule has 1 rings (SSSR count). The Labute approximate surface area is 127 Å². The number of nitrogens with one attached hydrogen (secondary N) is 1. The number of alkyl halides is 3. The predicted molar refractivity (Wildman–Crippen MR) is 75.2 cm³/mol. The Kier molecular flexibility index (Phi) is 6.40. The Morgan fingerprint density at radius 3 is 2.59 bits per heavy atom. The van der Waals surface area contributed by atoms with Crippen LogP contribution in [0.5, 0.6) is 0 Å². The van der Waals surface area contributed by atoms with Crippen molar-refractivity contribution in [2.24, 2.45) is 18.9 Å². The summed E-state index contributed by atoms with van der Waals surface area (Å²) in [6, 6.07) is 0. The summed E-state index contributed by atoms with van der Waals surface area (Å²) in [6.45, 7) is 4.22. The van der Waals surface area contributed by atoms with Crippen molar-refractivity contribution < 1.29 is 23.1 Å². The van der Waals surface area contributed by atoms with Crippen molar-refractivity contribution in [1.29, 1.82) is 0 Å². The van der Waals surface area contributed by atoms with Crippen LogP contribution >= 0.6 is 0 Å². The SMILES string of the molecule is CC(C)CC(CCO)CNC(=O)c1cn(C)nc1C(F)(F)F. The molecule has 0 saturated heterocycles. The summed E-state index contributed by atoms with van der Waals surface area (Å²) >= 11 is 0. The predicted octanol–water partition coefficient (Wildman–Crippen LogP) is 2.21. The van der Waals surface area contributed by atoms with Gasteiger partial charge in [-0.05, 0) is 24.7 Å². The first-order valence-electron chi connectivity index (χ1n) is 7.15. The molecule has 0 bridgehead atoms. The van der Waals surface area contributed by atoms with Gasteiger partial charge in [0.1, 0.15) is 0 Å². The van der Waals surface area contributed by atoms with Crippen LogP contribution in [0.2, 0.25) is 0 Å². The van der Waals surface area contributed by atoms with E-state index in [4.69, 9.17) is 5.11 Å². The Morgan fingerprint density at radius 2 is 2.09 bits per heavy atom. The first-order valence-corrected chi connectivity index (χ1v) is 7.15. The Bertz CT molecular complexity index is 498. The van der Waals surface area contributed by atoms with Gasteiger partial charge in [-0.3, -0.25) is 9.48 Å². The second-order valence-corrected chi connectivity index (χ2v) is 5.78. The smallest absolute Gasteiger partial charge is 0.396 e. The highest BCUT2D eigenvalue weighted by Gasteiger charge is 2.38. The van der Waals surface area contributed by atoms with Gasteiger partial charge in [0.25, 0.3) is 5.91 Å². The average molecular weight is 321 g/mol. The minimum atomic E-state index is -4.67. The second kappa shape index (κ2) is 7.62. The minimum Gasteiger partial charge on any atom is -0.396 e. The fourth-order valence-electron chi connectivity index (χ4n) is 2.35. The average Bonchev–Trinajstić information content (AvgIpc) is 2.77. The number of amides is 1. The van der Waals surface area contributed by atoms with Crippen LogP contribution in [0.3, 0.4) is 0 Å². The molecular formula is C14H22F3N3O2. The molecule has 0 spiro atoms. The van der Waals surface area contributed by atoms with Crippen molar-refractivity contribution >= 4 is 5.91 Å². The molecule has 8 heteroatoms. The monoisotopic (exact) mass is 321 g/mol. The van der Waals surface area contributed by atoms with Gasteiger partial charge in [0, 0.05) is 26.4 Å². The third kappa shape index (κ3) is 5.32. The number of aliphatic hydroxyl groups excluding tert-OH is 1. The number of aromatic nitrogens is 2. The lowest BCUT2D eigenvalue weighted by Crippen LogP contribution is -2.31. The molecule has 1 heterocycles. The Hall–Kier alpha value is -1.57. The first kappa shape index (κ1) is 18.5. The highest BCUT2D eigenvalue weighted by molar-refractivity contribution is 5.95. The van der Waals surface area contributed by atoms with Gasteiger partial charge >= 0.3 is 6.18 Å². The zero-order chi connectivity index (χ0) is 16.9. The molecule has 1 amide bonds. The molecule has 22 heavy (non-hydrogen) atoms. The first-order chi connectivity index (χ1) is 10.1. The van der Waals surface area contributed by atoms with E-state index in [0.29, 0.717) is 12.3 Å². The lowest BCUT2D eigenvalue weighted by molar-refractivity contribution is -0.141. The third-order valence-electron chi connectivity index (χ3n) is 3.24. The largest absolute Gasteiger partial charge is 0.435 e. The Balaban J connectivity index is 2.76. The number of aryl methyl sites for hydroxylation is 1. The molecule has 1 unspecified atom stereocenters. The summed E-state index contributed by atoms with van der Waals surface area (Å²) in [4.78, 5) is 12.0. The van der Waals surface area contributed by atoms with E-state index in [-0.39, 0.29) is 19.1 Å². The van der Waals surface area contributed by atoms with E-state index in [0.717, 1.165) is 17.3 Å². The third-order valence-corrected chi connectivity index (χ3v) is 3.24. The lowest BCUT2D eigenvalue weighted by atomic mass is 9.94. The number of aliphatic hydroxyl groups is 1. The number of rotatable bonds is 7. The van der Waals surface area contributed by atoms with E-state index in [1.807, 2.05) is 13.8 Å². The van der Waals surface area contributed by atoms with Crippen molar-refractivity contribution in [3.05, 3.63) is 17.5 Å². The van der Waals surface area contributed by atoms with E-state index < -0.39 is 23.3 Å². The molecule has 0 radical (unpaired) electrons. The molecule has 2 N–H and O–H groups in total. The topological polar surface area (TPSA) is 67.2 Å². The molecule has 0 aliphatic heterocycles. The highest BCUT2D eigenvalue weighted by Crippen LogP contribution is 2.30. The van der Waals surface area contributed by atoms with E-state index in [2.05, 4.69) is 10.4 Å². The van der Waals surface area contributed by atoms with E-state index >= 15 is 0 Å². The summed E-state index contributed by atoms with van der Waals surface area (Å²) in [5, 5.41) is 14.8. The molecule has 0 saturated carbocycles. The zero-order valence-corrected chi connectivity index (χ0v) is 12.9. The Morgan fingerprint density at radius 1 is 1.45 bits per heavy atom. The van der Waals surface area contributed by atoms with Crippen LogP contribution in [-0.4, -0.2) is 33.9 Å². The molecule has 126 valence electrons. The quantitative estimate of drug-likeness (QED) is 0.809. The van der Waals surface area contributed by atoms with Gasteiger partial charge in [-0.25, -0.2) is 0 Å². The maximum atomic E-state index is 12.8. The van der Waals surface area contributed by atoms with Gasteiger partial charge in [-0.1, -0.05) is 13.8 Å². The van der Waals surface area contributed by atoms with Gasteiger partial charge in [0.05, 0.1) is 5.56 Å². The van der Waals surface area contributed by atoms with E-state index in [9.17, 15) is 18.0 Å². The van der Waals surface area contributed by atoms with Crippen LogP contribution in [-0.2, 0) is 13.2 Å². The van der Waals surface area contributed by atoms with Crippen LogP contribution in [0.1, 0.15) is 42.7 Å². The van der Waals surface area contributed by atoms with Crippen molar-refractivity contribution in [3.63, 3.8) is 0 Å². The fraction of sp³-hybridized carbons (Fsp3) is 0.714. The molecule has 0 fully saturated rings. The van der Waals surface area contributed by atoms with Crippen molar-refractivity contribution in [3.8, 4) is 0 Å². The highest BCUT2D eigenvalue weighted by atomic mass is 19.4. The molecule has 0 aliphatic rings. The van der Waals surface area contributed by atoms with Crippen LogP contribution in [0.25, 0.3) is 0 Å². The number of carbonyl (C=O) groups is 1. The van der Waals surface area contributed by atoms with Crippen molar-refractivity contribution in [1.82, 2.24) is 15.1 Å². The number of hydrogen-bond acceptors (Lipinski definition) is 3. The molecular weight excluding hydrogens is 299 g/mol. The summed E-state index contributed by atoms with van der Waals surface area (Å²) in [5.41, 5.74) is -1.67. The number of hydrogen-bond donors (Lipinski definition) is 2. The number of nitrogens with zero attached hydrogens (tertiary/aromatic N) is 2. The fourth-order valence-corrected chi connectivity index (χ4v) is 2.35. The van der Waals surface area contributed by atoms with E-state index in [1.165, 1.54) is 7.05 Å². The van der Waals surface area contributed by atoms with Crippen molar-refractivity contribution in [2.75, 3.05) is 13.2 Å². The van der Waals surface area contributed by atoms with Gasteiger partial charge in [-0.15, -0.1) is 0 Å². The maximum absolute atomic E-state index is 12.8. The van der Waals surface area contributed by atoms with Crippen molar-refractivity contribution in [2.45, 2.75) is 32.9 Å². The maximum Gasteiger partial charge on any atom is 0.435 e. The van der Waals surface area contributed by atoms with Crippen LogP contribution in [0.15, 0.2) is 6.20 Å². The summed E-state index contributed by atoms with van der Waals surface area (Å²) in [5.74, 6) is -0.398. The molecule has 1 atom stereocenters. The summed E-state index contributed by atoms with van der Waals surface area (Å²) < 4.78 is 39.4. The van der Waals surface area contributed by atoms with Gasteiger partial charge in [0.15, 0.2) is 5.69 Å². The minimum absolute atomic E-state index is 0.0199. The van der Waals surface area contributed by atoms with Crippen LogP contribution in [0.4, 0.5) is 13.2 Å². The molecule has 5 nitrogen and oxygen atoms in total. The standard InChI is InChI=1S/C14H22F3N3O2/c1-9(2)6-10(4-5-21)7-18-13(22)11-8-20(3)19-12(11)14(15,16)17/h8-10,21H,4-7H2,1-3H3,(H,18,22). The van der Waals surface area contributed by atoms with Crippen LogP contribution in [0, 0.1) is 11.8 Å². The summed E-state index contributed by atoms with van der Waals surface area (Å²) in [7, 11) is 1.33. The van der Waals surface area contributed by atoms with Gasteiger partial charge in [-0.2, -0.15) is 18.3 Å². The normalized spacial score (nSPS) is 13.5.